The van der Waals surface area contributed by atoms with E-state index in [2.05, 4.69) is 59.4 Å². The zero-order chi connectivity index (χ0) is 12.0. The van der Waals surface area contributed by atoms with Crippen LogP contribution in [0.1, 0.15) is 32.3 Å². The topological polar surface area (TPSA) is 12.0 Å². The number of hydrogen-bond acceptors (Lipinski definition) is 1. The summed E-state index contributed by atoms with van der Waals surface area (Å²) in [5, 5.41) is 3.33. The molecule has 1 aromatic carbocycles. The Morgan fingerprint density at radius 2 is 1.94 bits per heavy atom. The van der Waals surface area contributed by atoms with Gasteiger partial charge in [-0.25, -0.2) is 0 Å². The minimum atomic E-state index is 0.398. The van der Waals surface area contributed by atoms with Crippen molar-refractivity contribution in [2.24, 2.45) is 5.41 Å². The molecule has 0 aliphatic rings. The summed E-state index contributed by atoms with van der Waals surface area (Å²) >= 11 is 3.54. The summed E-state index contributed by atoms with van der Waals surface area (Å²) in [6.07, 6.45) is 3.59. The molecule has 1 aromatic rings. The number of halogens is 1. The average Bonchev–Trinajstić information content (AvgIpc) is 2.28. The SMILES string of the molecule is CCC(CC)(CNC)Cc1cccc(Br)c1. The van der Waals surface area contributed by atoms with Crippen LogP contribution in [-0.2, 0) is 6.42 Å². The summed E-state index contributed by atoms with van der Waals surface area (Å²) < 4.78 is 1.18. The minimum Gasteiger partial charge on any atom is -0.319 e. The third kappa shape index (κ3) is 3.60. The quantitative estimate of drug-likeness (QED) is 0.832. The normalized spacial score (nSPS) is 11.8. The number of benzene rings is 1. The lowest BCUT2D eigenvalue weighted by Crippen LogP contribution is -2.33. The van der Waals surface area contributed by atoms with Crippen LogP contribution in [0.5, 0.6) is 0 Å². The molecule has 0 aromatic heterocycles. The van der Waals surface area contributed by atoms with E-state index in [0.29, 0.717) is 5.41 Å². The van der Waals surface area contributed by atoms with Gasteiger partial charge in [-0.2, -0.15) is 0 Å². The van der Waals surface area contributed by atoms with Crippen molar-refractivity contribution in [1.82, 2.24) is 5.32 Å². The van der Waals surface area contributed by atoms with Crippen molar-refractivity contribution in [2.75, 3.05) is 13.6 Å². The van der Waals surface area contributed by atoms with Gasteiger partial charge in [0.1, 0.15) is 0 Å². The van der Waals surface area contributed by atoms with Gasteiger partial charge in [-0.1, -0.05) is 41.9 Å². The van der Waals surface area contributed by atoms with Gasteiger partial charge in [0.05, 0.1) is 0 Å². The van der Waals surface area contributed by atoms with Crippen molar-refractivity contribution in [1.29, 1.82) is 0 Å². The number of hydrogen-bond donors (Lipinski definition) is 1. The monoisotopic (exact) mass is 283 g/mol. The average molecular weight is 284 g/mol. The highest BCUT2D eigenvalue weighted by Crippen LogP contribution is 2.30. The van der Waals surface area contributed by atoms with Crippen LogP contribution in [0.15, 0.2) is 28.7 Å². The van der Waals surface area contributed by atoms with Crippen molar-refractivity contribution >= 4 is 15.9 Å². The standard InChI is InChI=1S/C14H22BrN/c1-4-14(5-2,11-16-3)10-12-7-6-8-13(15)9-12/h6-9,16H,4-5,10-11H2,1-3H3. The predicted molar refractivity (Wildman–Crippen MR) is 74.8 cm³/mol. The predicted octanol–water partition coefficient (Wildman–Crippen LogP) is 4.02. The Bertz CT molecular complexity index is 318. The molecule has 2 heteroatoms. The van der Waals surface area contributed by atoms with E-state index in [-0.39, 0.29) is 0 Å². The summed E-state index contributed by atoms with van der Waals surface area (Å²) in [5.41, 5.74) is 1.82. The Labute approximate surface area is 108 Å². The molecule has 0 amide bonds. The fourth-order valence-corrected chi connectivity index (χ4v) is 2.71. The van der Waals surface area contributed by atoms with E-state index in [0.717, 1.165) is 13.0 Å². The third-order valence-electron chi connectivity index (χ3n) is 3.52. The zero-order valence-corrected chi connectivity index (χ0v) is 12.1. The molecular weight excluding hydrogens is 262 g/mol. The largest absolute Gasteiger partial charge is 0.319 e. The maximum atomic E-state index is 3.54. The van der Waals surface area contributed by atoms with Gasteiger partial charge in [0, 0.05) is 11.0 Å². The molecule has 0 aliphatic heterocycles. The van der Waals surface area contributed by atoms with Gasteiger partial charge in [0.15, 0.2) is 0 Å². The van der Waals surface area contributed by atoms with Gasteiger partial charge in [0.2, 0.25) is 0 Å². The van der Waals surface area contributed by atoms with Gasteiger partial charge < -0.3 is 5.32 Å². The summed E-state index contributed by atoms with van der Waals surface area (Å²) in [5.74, 6) is 0. The van der Waals surface area contributed by atoms with E-state index in [1.807, 2.05) is 7.05 Å². The molecule has 0 unspecified atom stereocenters. The Morgan fingerprint density at radius 3 is 2.44 bits per heavy atom. The molecule has 0 saturated heterocycles. The Morgan fingerprint density at radius 1 is 1.25 bits per heavy atom. The van der Waals surface area contributed by atoms with Crippen molar-refractivity contribution in [3.8, 4) is 0 Å². The lowest BCUT2D eigenvalue weighted by molar-refractivity contribution is 0.253. The van der Waals surface area contributed by atoms with Crippen LogP contribution in [0.4, 0.5) is 0 Å². The lowest BCUT2D eigenvalue weighted by atomic mass is 9.77. The second-order valence-electron chi connectivity index (χ2n) is 4.54. The molecule has 0 spiro atoms. The summed E-state index contributed by atoms with van der Waals surface area (Å²) in [4.78, 5) is 0. The van der Waals surface area contributed by atoms with Crippen LogP contribution in [0.3, 0.4) is 0 Å². The Kier molecular flexibility index (Phi) is 5.50. The summed E-state index contributed by atoms with van der Waals surface area (Å²) in [6.45, 7) is 5.67. The van der Waals surface area contributed by atoms with E-state index in [1.165, 1.54) is 22.9 Å². The number of nitrogens with one attached hydrogen (secondary N) is 1. The maximum absolute atomic E-state index is 3.54. The van der Waals surface area contributed by atoms with Crippen molar-refractivity contribution < 1.29 is 0 Å². The Hall–Kier alpha value is -0.340. The molecule has 16 heavy (non-hydrogen) atoms. The molecule has 0 fully saturated rings. The first kappa shape index (κ1) is 13.7. The lowest BCUT2D eigenvalue weighted by Gasteiger charge is -2.31. The van der Waals surface area contributed by atoms with Gasteiger partial charge in [-0.15, -0.1) is 0 Å². The van der Waals surface area contributed by atoms with Crippen LogP contribution in [0, 0.1) is 5.41 Å². The second-order valence-corrected chi connectivity index (χ2v) is 5.46. The van der Waals surface area contributed by atoms with E-state index >= 15 is 0 Å². The first-order chi connectivity index (χ1) is 7.65. The fourth-order valence-electron chi connectivity index (χ4n) is 2.27. The van der Waals surface area contributed by atoms with E-state index in [1.54, 1.807) is 0 Å². The molecule has 0 saturated carbocycles. The number of rotatable bonds is 6. The van der Waals surface area contributed by atoms with Crippen molar-refractivity contribution in [3.63, 3.8) is 0 Å². The fraction of sp³-hybridized carbons (Fsp3) is 0.571. The molecule has 0 bridgehead atoms. The molecule has 1 rings (SSSR count). The molecular formula is C14H22BrN. The molecule has 1 nitrogen and oxygen atoms in total. The highest BCUT2D eigenvalue weighted by molar-refractivity contribution is 9.10. The first-order valence-electron chi connectivity index (χ1n) is 6.05. The van der Waals surface area contributed by atoms with Crippen LogP contribution in [0.25, 0.3) is 0 Å². The highest BCUT2D eigenvalue weighted by atomic mass is 79.9. The van der Waals surface area contributed by atoms with Gasteiger partial charge in [-0.3, -0.25) is 0 Å². The minimum absolute atomic E-state index is 0.398. The molecule has 90 valence electrons. The maximum Gasteiger partial charge on any atom is 0.0177 e. The first-order valence-corrected chi connectivity index (χ1v) is 6.84. The van der Waals surface area contributed by atoms with Crippen molar-refractivity contribution in [2.45, 2.75) is 33.1 Å². The van der Waals surface area contributed by atoms with Gasteiger partial charge in [-0.05, 0) is 49.4 Å². The molecule has 1 N–H and O–H groups in total. The summed E-state index contributed by atoms with van der Waals surface area (Å²) in [6, 6.07) is 8.66. The van der Waals surface area contributed by atoms with Gasteiger partial charge in [0.25, 0.3) is 0 Å². The highest BCUT2D eigenvalue weighted by Gasteiger charge is 2.25. The molecule has 0 heterocycles. The van der Waals surface area contributed by atoms with Crippen LogP contribution >= 0.6 is 15.9 Å². The van der Waals surface area contributed by atoms with E-state index in [4.69, 9.17) is 0 Å². The van der Waals surface area contributed by atoms with Gasteiger partial charge >= 0.3 is 0 Å². The van der Waals surface area contributed by atoms with Crippen LogP contribution in [-0.4, -0.2) is 13.6 Å². The summed E-state index contributed by atoms with van der Waals surface area (Å²) in [7, 11) is 2.04. The van der Waals surface area contributed by atoms with Crippen LogP contribution < -0.4 is 5.32 Å². The third-order valence-corrected chi connectivity index (χ3v) is 4.01. The van der Waals surface area contributed by atoms with Crippen molar-refractivity contribution in [3.05, 3.63) is 34.3 Å². The van der Waals surface area contributed by atoms with Crippen LogP contribution in [0.2, 0.25) is 0 Å². The van der Waals surface area contributed by atoms with E-state index in [9.17, 15) is 0 Å². The molecule has 0 aliphatic carbocycles. The Balaban J connectivity index is 2.82. The molecule has 0 radical (unpaired) electrons. The second kappa shape index (κ2) is 6.41. The molecule has 0 atom stereocenters. The van der Waals surface area contributed by atoms with E-state index < -0.39 is 0 Å². The zero-order valence-electron chi connectivity index (χ0n) is 10.5. The smallest absolute Gasteiger partial charge is 0.0177 e.